The normalized spacial score (nSPS) is 21.8. The Bertz CT molecular complexity index is 196. The maximum Gasteiger partial charge on any atom is 0.0190 e. The summed E-state index contributed by atoms with van der Waals surface area (Å²) in [4.78, 5) is 2.39. The van der Waals surface area contributed by atoms with Crippen LogP contribution in [0.5, 0.6) is 0 Å². The van der Waals surface area contributed by atoms with Crippen LogP contribution in [0.25, 0.3) is 0 Å². The van der Waals surface area contributed by atoms with E-state index in [9.17, 15) is 0 Å². The second kappa shape index (κ2) is 3.21. The molecule has 0 spiro atoms. The van der Waals surface area contributed by atoms with Crippen LogP contribution in [0, 0.1) is 5.41 Å². The average Bonchev–Trinajstić information content (AvgIpc) is 1.83. The van der Waals surface area contributed by atoms with E-state index in [1.54, 1.807) is 11.1 Å². The van der Waals surface area contributed by atoms with Crippen LogP contribution in [0.2, 0.25) is 0 Å². The Morgan fingerprint density at radius 1 is 1.25 bits per heavy atom. The van der Waals surface area contributed by atoms with E-state index in [0.717, 1.165) is 6.54 Å². The first-order valence-electron chi connectivity index (χ1n) is 4.79. The minimum atomic E-state index is 0.380. The lowest BCUT2D eigenvalue weighted by molar-refractivity contribution is 0.320. The first kappa shape index (κ1) is 9.79. The van der Waals surface area contributed by atoms with Crippen molar-refractivity contribution in [3.8, 4) is 0 Å². The molecule has 1 heterocycles. The highest BCUT2D eigenvalue weighted by molar-refractivity contribution is 5.22. The third-order valence-corrected chi connectivity index (χ3v) is 2.67. The molecule has 70 valence electrons. The third-order valence-electron chi connectivity index (χ3n) is 2.67. The molecule has 0 atom stereocenters. The number of hydrogen-bond acceptors (Lipinski definition) is 1. The van der Waals surface area contributed by atoms with Crippen molar-refractivity contribution >= 4 is 0 Å². The van der Waals surface area contributed by atoms with E-state index in [1.807, 2.05) is 0 Å². The fourth-order valence-electron chi connectivity index (χ4n) is 2.11. The van der Waals surface area contributed by atoms with Gasteiger partial charge in [-0.25, -0.2) is 0 Å². The van der Waals surface area contributed by atoms with Crippen LogP contribution in [-0.2, 0) is 0 Å². The molecule has 0 aromatic heterocycles. The predicted molar refractivity (Wildman–Crippen MR) is 54.3 cm³/mol. The smallest absolute Gasteiger partial charge is 0.0190 e. The highest BCUT2D eigenvalue weighted by Gasteiger charge is 2.22. The van der Waals surface area contributed by atoms with Gasteiger partial charge in [0.05, 0.1) is 0 Å². The van der Waals surface area contributed by atoms with Gasteiger partial charge in [-0.05, 0) is 25.8 Å². The molecule has 0 unspecified atom stereocenters. The van der Waals surface area contributed by atoms with Gasteiger partial charge in [0.1, 0.15) is 0 Å². The fraction of sp³-hybridized carbons (Fsp3) is 0.818. The number of hydrogen-bond donors (Lipinski definition) is 0. The zero-order valence-electron chi connectivity index (χ0n) is 9.07. The summed E-state index contributed by atoms with van der Waals surface area (Å²) >= 11 is 0. The molecule has 1 nitrogen and oxygen atoms in total. The van der Waals surface area contributed by atoms with Crippen molar-refractivity contribution in [3.05, 3.63) is 11.1 Å². The second-order valence-electron chi connectivity index (χ2n) is 5.00. The molecule has 0 amide bonds. The number of rotatable bonds is 0. The molecule has 0 bridgehead atoms. The largest absolute Gasteiger partial charge is 0.302 e. The van der Waals surface area contributed by atoms with Gasteiger partial charge in [-0.3, -0.25) is 0 Å². The van der Waals surface area contributed by atoms with Gasteiger partial charge in [0, 0.05) is 13.1 Å². The summed E-state index contributed by atoms with van der Waals surface area (Å²) in [7, 11) is 2.20. The first-order chi connectivity index (χ1) is 5.41. The van der Waals surface area contributed by atoms with E-state index in [1.165, 1.54) is 13.0 Å². The van der Waals surface area contributed by atoms with Crippen LogP contribution in [0.4, 0.5) is 0 Å². The topological polar surface area (TPSA) is 3.24 Å². The molecule has 0 radical (unpaired) electrons. The zero-order valence-corrected chi connectivity index (χ0v) is 9.07. The molecular weight excluding hydrogens is 146 g/mol. The molecule has 0 saturated heterocycles. The van der Waals surface area contributed by atoms with Crippen molar-refractivity contribution in [2.75, 3.05) is 20.1 Å². The van der Waals surface area contributed by atoms with Gasteiger partial charge in [-0.1, -0.05) is 31.9 Å². The molecule has 0 saturated carbocycles. The predicted octanol–water partition coefficient (Wildman–Crippen LogP) is 2.68. The highest BCUT2D eigenvalue weighted by Crippen LogP contribution is 2.33. The first-order valence-corrected chi connectivity index (χ1v) is 4.79. The van der Waals surface area contributed by atoms with E-state index in [4.69, 9.17) is 0 Å². The average molecular weight is 167 g/mol. The molecule has 0 N–H and O–H groups in total. The third kappa shape index (κ3) is 2.10. The van der Waals surface area contributed by atoms with Crippen LogP contribution in [0.15, 0.2) is 11.1 Å². The molecule has 12 heavy (non-hydrogen) atoms. The zero-order chi connectivity index (χ0) is 9.35. The van der Waals surface area contributed by atoms with Crippen LogP contribution in [-0.4, -0.2) is 25.0 Å². The van der Waals surface area contributed by atoms with Crippen LogP contribution >= 0.6 is 0 Å². The Hall–Kier alpha value is -0.300. The fourth-order valence-corrected chi connectivity index (χ4v) is 2.11. The summed E-state index contributed by atoms with van der Waals surface area (Å²) < 4.78 is 0. The minimum Gasteiger partial charge on any atom is -0.302 e. The second-order valence-corrected chi connectivity index (χ2v) is 5.00. The van der Waals surface area contributed by atoms with Crippen LogP contribution in [0.1, 0.15) is 34.1 Å². The van der Waals surface area contributed by atoms with Gasteiger partial charge in [-0.2, -0.15) is 0 Å². The van der Waals surface area contributed by atoms with Gasteiger partial charge >= 0.3 is 0 Å². The van der Waals surface area contributed by atoms with Crippen molar-refractivity contribution in [1.82, 2.24) is 4.90 Å². The molecular formula is C11H21N. The van der Waals surface area contributed by atoms with Gasteiger partial charge in [-0.15, -0.1) is 0 Å². The molecule has 1 aliphatic heterocycles. The summed E-state index contributed by atoms with van der Waals surface area (Å²) in [6.45, 7) is 11.6. The summed E-state index contributed by atoms with van der Waals surface area (Å²) in [5.41, 5.74) is 3.63. The van der Waals surface area contributed by atoms with Gasteiger partial charge in [0.2, 0.25) is 0 Å². The molecule has 0 aromatic carbocycles. The molecule has 0 fully saturated rings. The monoisotopic (exact) mass is 167 g/mol. The Balaban J connectivity index is 2.83. The Morgan fingerprint density at radius 3 is 2.25 bits per heavy atom. The summed E-state index contributed by atoms with van der Waals surface area (Å²) in [5.74, 6) is 0. The Morgan fingerprint density at radius 2 is 1.83 bits per heavy atom. The van der Waals surface area contributed by atoms with Crippen molar-refractivity contribution in [1.29, 1.82) is 0 Å². The van der Waals surface area contributed by atoms with Crippen molar-refractivity contribution in [2.24, 2.45) is 5.41 Å². The van der Waals surface area contributed by atoms with Crippen molar-refractivity contribution in [2.45, 2.75) is 34.1 Å². The summed E-state index contributed by atoms with van der Waals surface area (Å²) in [6, 6.07) is 0. The van der Waals surface area contributed by atoms with E-state index in [-0.39, 0.29) is 0 Å². The lowest BCUT2D eigenvalue weighted by Gasteiger charge is -2.33. The number of likely N-dealkylation sites (N-methyl/N-ethyl adjacent to an activating group) is 1. The van der Waals surface area contributed by atoms with E-state index >= 15 is 0 Å². The quantitative estimate of drug-likeness (QED) is 0.501. The van der Waals surface area contributed by atoms with E-state index < -0.39 is 0 Å². The molecule has 1 rings (SSSR count). The maximum absolute atomic E-state index is 2.39. The maximum atomic E-state index is 2.39. The highest BCUT2D eigenvalue weighted by atomic mass is 15.1. The molecule has 0 aromatic rings. The number of nitrogens with zero attached hydrogens (tertiary/aromatic N) is 1. The van der Waals surface area contributed by atoms with Gasteiger partial charge < -0.3 is 4.90 Å². The lowest BCUT2D eigenvalue weighted by atomic mass is 9.80. The van der Waals surface area contributed by atoms with Crippen LogP contribution < -0.4 is 0 Å². The standard InChI is InChI=1S/C11H21N/c1-9-8-12(5)7-6-10(9)11(2,3)4/h6-8H2,1-5H3. The lowest BCUT2D eigenvalue weighted by Crippen LogP contribution is -2.30. The van der Waals surface area contributed by atoms with Crippen molar-refractivity contribution in [3.63, 3.8) is 0 Å². The SMILES string of the molecule is CC1=C(C(C)(C)C)CCN(C)C1. The molecule has 1 heteroatoms. The summed E-state index contributed by atoms with van der Waals surface area (Å²) in [5, 5.41) is 0. The Kier molecular flexibility index (Phi) is 2.62. The Labute approximate surface area is 76.5 Å². The minimum absolute atomic E-state index is 0.380. The van der Waals surface area contributed by atoms with E-state index in [0.29, 0.717) is 5.41 Å². The van der Waals surface area contributed by atoms with Gasteiger partial charge in [0.15, 0.2) is 0 Å². The van der Waals surface area contributed by atoms with Crippen molar-refractivity contribution < 1.29 is 0 Å². The summed E-state index contributed by atoms with van der Waals surface area (Å²) in [6.07, 6.45) is 1.26. The van der Waals surface area contributed by atoms with Crippen LogP contribution in [0.3, 0.4) is 0 Å². The molecule has 0 aliphatic carbocycles. The molecule has 1 aliphatic rings. The van der Waals surface area contributed by atoms with E-state index in [2.05, 4.69) is 39.6 Å². The van der Waals surface area contributed by atoms with Gasteiger partial charge in [0.25, 0.3) is 0 Å².